The Bertz CT molecular complexity index is 425. The Morgan fingerprint density at radius 1 is 1.20 bits per heavy atom. The van der Waals surface area contributed by atoms with Gasteiger partial charge in [-0.1, -0.05) is 51.1 Å². The number of benzene rings is 1. The SMILES string of the molecule is CC(=O)CO[Si](C)(COCc1ccccc1)C(C)(C)C. The summed E-state index contributed by atoms with van der Waals surface area (Å²) < 4.78 is 11.8. The van der Waals surface area contributed by atoms with Crippen LogP contribution in [0.2, 0.25) is 11.6 Å². The molecule has 0 aliphatic rings. The largest absolute Gasteiger partial charge is 0.407 e. The molecule has 0 bridgehead atoms. The third-order valence-electron chi connectivity index (χ3n) is 3.67. The highest BCUT2D eigenvalue weighted by Crippen LogP contribution is 2.37. The summed E-state index contributed by atoms with van der Waals surface area (Å²) in [6.07, 6.45) is 0.596. The van der Waals surface area contributed by atoms with Gasteiger partial charge in [-0.25, -0.2) is 0 Å². The maximum atomic E-state index is 11.2. The van der Waals surface area contributed by atoms with E-state index in [9.17, 15) is 4.79 Å². The molecule has 1 atom stereocenters. The summed E-state index contributed by atoms with van der Waals surface area (Å²) in [6, 6.07) is 10.1. The molecule has 1 aromatic rings. The number of carbonyl (C=O) groups excluding carboxylic acids is 1. The van der Waals surface area contributed by atoms with Crippen LogP contribution in [0.3, 0.4) is 0 Å². The molecule has 0 fully saturated rings. The predicted molar refractivity (Wildman–Crippen MR) is 84.1 cm³/mol. The summed E-state index contributed by atoms with van der Waals surface area (Å²) >= 11 is 0. The highest BCUT2D eigenvalue weighted by Gasteiger charge is 2.42. The number of Topliss-reactive ketones (excluding diaryl/α,β-unsaturated/α-hetero) is 1. The molecular weight excluding hydrogens is 268 g/mol. The van der Waals surface area contributed by atoms with Gasteiger partial charge in [0, 0.05) is 0 Å². The zero-order chi connectivity index (χ0) is 15.2. The zero-order valence-corrected chi connectivity index (χ0v) is 14.2. The fraction of sp³-hybridized carbons (Fsp3) is 0.562. The van der Waals surface area contributed by atoms with Gasteiger partial charge in [0.1, 0.15) is 0 Å². The molecule has 3 nitrogen and oxygen atoms in total. The van der Waals surface area contributed by atoms with E-state index in [0.717, 1.165) is 5.56 Å². The van der Waals surface area contributed by atoms with Crippen LogP contribution in [0.25, 0.3) is 0 Å². The predicted octanol–water partition coefficient (Wildman–Crippen LogP) is 3.72. The minimum absolute atomic E-state index is 0.0269. The number of hydrogen-bond acceptors (Lipinski definition) is 3. The van der Waals surface area contributed by atoms with Gasteiger partial charge in [0.2, 0.25) is 8.32 Å². The summed E-state index contributed by atoms with van der Waals surface area (Å²) in [5.41, 5.74) is 1.16. The average Bonchev–Trinajstić information content (AvgIpc) is 2.36. The normalized spacial score (nSPS) is 14.8. The molecule has 0 heterocycles. The number of ketones is 1. The van der Waals surface area contributed by atoms with E-state index < -0.39 is 8.32 Å². The van der Waals surface area contributed by atoms with Crippen LogP contribution in [-0.4, -0.2) is 26.9 Å². The molecule has 0 saturated heterocycles. The second kappa shape index (κ2) is 7.15. The van der Waals surface area contributed by atoms with Crippen molar-refractivity contribution in [2.75, 3.05) is 12.8 Å². The van der Waals surface area contributed by atoms with Gasteiger partial charge in [0.05, 0.1) is 19.4 Å². The van der Waals surface area contributed by atoms with E-state index >= 15 is 0 Å². The lowest BCUT2D eigenvalue weighted by atomic mass is 10.2. The molecule has 1 aromatic carbocycles. The third kappa shape index (κ3) is 5.19. The van der Waals surface area contributed by atoms with E-state index in [0.29, 0.717) is 12.8 Å². The topological polar surface area (TPSA) is 35.5 Å². The van der Waals surface area contributed by atoms with Crippen LogP contribution < -0.4 is 0 Å². The molecule has 4 heteroatoms. The van der Waals surface area contributed by atoms with Crippen molar-refractivity contribution in [2.45, 2.75) is 45.9 Å². The van der Waals surface area contributed by atoms with E-state index in [1.54, 1.807) is 6.92 Å². The van der Waals surface area contributed by atoms with Crippen LogP contribution in [0, 0.1) is 0 Å². The molecule has 0 saturated carbocycles. The number of ether oxygens (including phenoxy) is 1. The number of carbonyl (C=O) groups is 1. The first-order chi connectivity index (χ1) is 9.24. The van der Waals surface area contributed by atoms with Crippen molar-refractivity contribution in [3.8, 4) is 0 Å². The Hall–Kier alpha value is -0.973. The van der Waals surface area contributed by atoms with Crippen LogP contribution in [0.4, 0.5) is 0 Å². The smallest absolute Gasteiger partial charge is 0.220 e. The van der Waals surface area contributed by atoms with E-state index in [4.69, 9.17) is 9.16 Å². The molecule has 0 aromatic heterocycles. The third-order valence-corrected chi connectivity index (χ3v) is 8.38. The van der Waals surface area contributed by atoms with Crippen LogP contribution in [0.15, 0.2) is 30.3 Å². The van der Waals surface area contributed by atoms with Crippen molar-refractivity contribution >= 4 is 14.1 Å². The molecule has 0 aliphatic heterocycles. The first kappa shape index (κ1) is 17.1. The maximum Gasteiger partial charge on any atom is 0.220 e. The van der Waals surface area contributed by atoms with E-state index in [1.807, 2.05) is 30.3 Å². The molecule has 0 aliphatic carbocycles. The number of hydrogen-bond donors (Lipinski definition) is 0. The molecule has 0 spiro atoms. The van der Waals surface area contributed by atoms with Gasteiger partial charge < -0.3 is 9.16 Å². The minimum atomic E-state index is -2.11. The zero-order valence-electron chi connectivity index (χ0n) is 13.2. The van der Waals surface area contributed by atoms with Gasteiger partial charge in [-0.3, -0.25) is 4.79 Å². The summed E-state index contributed by atoms with van der Waals surface area (Å²) in [6.45, 7) is 10.9. The molecule has 0 amide bonds. The monoisotopic (exact) mass is 294 g/mol. The molecule has 0 radical (unpaired) electrons. The van der Waals surface area contributed by atoms with E-state index in [2.05, 4.69) is 27.3 Å². The van der Waals surface area contributed by atoms with E-state index in [1.165, 1.54) is 0 Å². The lowest BCUT2D eigenvalue weighted by molar-refractivity contribution is -0.119. The van der Waals surface area contributed by atoms with Gasteiger partial charge >= 0.3 is 0 Å². The summed E-state index contributed by atoms with van der Waals surface area (Å²) in [7, 11) is -2.11. The summed E-state index contributed by atoms with van der Waals surface area (Å²) in [5, 5.41) is 0.0269. The average molecular weight is 294 g/mol. The lowest BCUT2D eigenvalue weighted by Gasteiger charge is -2.38. The highest BCUT2D eigenvalue weighted by molar-refractivity contribution is 6.75. The van der Waals surface area contributed by atoms with Crippen LogP contribution in [0.1, 0.15) is 33.3 Å². The summed E-state index contributed by atoms with van der Waals surface area (Å²) in [5.74, 6) is 0.0658. The fourth-order valence-electron chi connectivity index (χ4n) is 1.67. The van der Waals surface area contributed by atoms with Crippen LogP contribution in [-0.2, 0) is 20.6 Å². The van der Waals surface area contributed by atoms with Crippen molar-refractivity contribution in [3.05, 3.63) is 35.9 Å². The molecule has 1 rings (SSSR count). The van der Waals surface area contributed by atoms with Gasteiger partial charge in [0.15, 0.2) is 5.78 Å². The van der Waals surface area contributed by atoms with E-state index in [-0.39, 0.29) is 17.4 Å². The van der Waals surface area contributed by atoms with Gasteiger partial charge in [-0.2, -0.15) is 0 Å². The van der Waals surface area contributed by atoms with Crippen molar-refractivity contribution in [1.82, 2.24) is 0 Å². The Labute approximate surface area is 123 Å². The van der Waals surface area contributed by atoms with Gasteiger partial charge in [-0.15, -0.1) is 0 Å². The van der Waals surface area contributed by atoms with Crippen molar-refractivity contribution in [2.24, 2.45) is 0 Å². The highest BCUT2D eigenvalue weighted by atomic mass is 28.4. The fourth-order valence-corrected chi connectivity index (χ4v) is 3.64. The molecule has 1 unspecified atom stereocenters. The van der Waals surface area contributed by atoms with Gasteiger partial charge in [0.25, 0.3) is 0 Å². The Morgan fingerprint density at radius 2 is 1.80 bits per heavy atom. The molecular formula is C16H26O3Si. The van der Waals surface area contributed by atoms with Gasteiger partial charge in [-0.05, 0) is 24.1 Å². The second-order valence-electron chi connectivity index (χ2n) is 6.45. The Morgan fingerprint density at radius 3 is 2.30 bits per heavy atom. The lowest BCUT2D eigenvalue weighted by Crippen LogP contribution is -2.49. The molecule has 112 valence electrons. The minimum Gasteiger partial charge on any atom is -0.407 e. The Kier molecular flexibility index (Phi) is 6.11. The second-order valence-corrected chi connectivity index (χ2v) is 11.0. The van der Waals surface area contributed by atoms with Crippen molar-refractivity contribution in [1.29, 1.82) is 0 Å². The molecule has 0 N–H and O–H groups in total. The van der Waals surface area contributed by atoms with Crippen molar-refractivity contribution < 1.29 is 14.0 Å². The Balaban J connectivity index is 2.59. The standard InChI is InChI=1S/C16H26O3Si/c1-14(17)11-19-20(5,16(2,3)4)13-18-12-15-9-7-6-8-10-15/h6-10H,11-13H2,1-5H3. The maximum absolute atomic E-state index is 11.2. The van der Waals surface area contributed by atoms with Crippen LogP contribution in [0.5, 0.6) is 0 Å². The van der Waals surface area contributed by atoms with Crippen LogP contribution >= 0.6 is 0 Å². The molecule has 20 heavy (non-hydrogen) atoms. The number of rotatable bonds is 7. The first-order valence-corrected chi connectivity index (χ1v) is 9.61. The quantitative estimate of drug-likeness (QED) is 0.719. The van der Waals surface area contributed by atoms with Crippen molar-refractivity contribution in [3.63, 3.8) is 0 Å². The first-order valence-electron chi connectivity index (χ1n) is 7.00. The summed E-state index contributed by atoms with van der Waals surface area (Å²) in [4.78, 5) is 11.2.